The van der Waals surface area contributed by atoms with Crippen LogP contribution in [0.25, 0.3) is 0 Å². The first-order valence-corrected chi connectivity index (χ1v) is 8.13. The molecule has 1 unspecified atom stereocenters. The number of rotatable bonds is 5. The van der Waals surface area contributed by atoms with E-state index in [0.717, 1.165) is 32.5 Å². The SMILES string of the molecule is CCN(C(=O)CN1CCCC(NC)C1)C1=CCCCC1. The molecule has 1 fully saturated rings. The molecule has 0 aromatic heterocycles. The highest BCUT2D eigenvalue weighted by atomic mass is 16.2. The van der Waals surface area contributed by atoms with E-state index in [4.69, 9.17) is 0 Å². The van der Waals surface area contributed by atoms with Crippen molar-refractivity contribution in [2.45, 2.75) is 51.5 Å². The minimum Gasteiger partial charge on any atom is -0.316 e. The normalized spacial score (nSPS) is 24.3. The Balaban J connectivity index is 1.90. The second-order valence-electron chi connectivity index (χ2n) is 5.94. The summed E-state index contributed by atoms with van der Waals surface area (Å²) in [5, 5.41) is 3.34. The van der Waals surface area contributed by atoms with Gasteiger partial charge in [-0.05, 0) is 59.0 Å². The van der Waals surface area contributed by atoms with Gasteiger partial charge in [0.05, 0.1) is 6.54 Å². The van der Waals surface area contributed by atoms with Crippen molar-refractivity contribution in [1.29, 1.82) is 0 Å². The van der Waals surface area contributed by atoms with Gasteiger partial charge in [0, 0.05) is 24.8 Å². The highest BCUT2D eigenvalue weighted by Crippen LogP contribution is 2.21. The van der Waals surface area contributed by atoms with Gasteiger partial charge in [0.2, 0.25) is 5.91 Å². The molecule has 4 nitrogen and oxygen atoms in total. The quantitative estimate of drug-likeness (QED) is 0.836. The van der Waals surface area contributed by atoms with Crippen molar-refractivity contribution < 1.29 is 4.79 Å². The molecule has 4 heteroatoms. The molecule has 20 heavy (non-hydrogen) atoms. The summed E-state index contributed by atoms with van der Waals surface area (Å²) in [5.41, 5.74) is 1.26. The van der Waals surface area contributed by atoms with Crippen LogP contribution in [0.15, 0.2) is 11.8 Å². The summed E-state index contributed by atoms with van der Waals surface area (Å²) in [7, 11) is 2.02. The van der Waals surface area contributed by atoms with Crippen LogP contribution in [0.3, 0.4) is 0 Å². The Kier molecular flexibility index (Phi) is 6.05. The van der Waals surface area contributed by atoms with E-state index >= 15 is 0 Å². The number of likely N-dealkylation sites (N-methyl/N-ethyl adjacent to an activating group) is 2. The van der Waals surface area contributed by atoms with Gasteiger partial charge in [-0.25, -0.2) is 0 Å². The second-order valence-corrected chi connectivity index (χ2v) is 5.94. The number of hydrogen-bond acceptors (Lipinski definition) is 3. The summed E-state index contributed by atoms with van der Waals surface area (Å²) < 4.78 is 0. The lowest BCUT2D eigenvalue weighted by Gasteiger charge is -2.34. The summed E-state index contributed by atoms with van der Waals surface area (Å²) in [5.74, 6) is 0.275. The van der Waals surface area contributed by atoms with Crippen LogP contribution in [0.5, 0.6) is 0 Å². The molecule has 0 aromatic carbocycles. The van der Waals surface area contributed by atoms with E-state index in [0.29, 0.717) is 12.6 Å². The fourth-order valence-corrected chi connectivity index (χ4v) is 3.32. The van der Waals surface area contributed by atoms with E-state index < -0.39 is 0 Å². The fraction of sp³-hybridized carbons (Fsp3) is 0.812. The van der Waals surface area contributed by atoms with Crippen LogP contribution < -0.4 is 5.32 Å². The van der Waals surface area contributed by atoms with Gasteiger partial charge < -0.3 is 10.2 Å². The van der Waals surface area contributed by atoms with Crippen molar-refractivity contribution in [3.8, 4) is 0 Å². The molecule has 0 bridgehead atoms. The largest absolute Gasteiger partial charge is 0.316 e. The molecular formula is C16H29N3O. The van der Waals surface area contributed by atoms with Gasteiger partial charge in [-0.3, -0.25) is 9.69 Å². The van der Waals surface area contributed by atoms with Gasteiger partial charge in [0.15, 0.2) is 0 Å². The van der Waals surface area contributed by atoms with Crippen LogP contribution in [0.2, 0.25) is 0 Å². The summed E-state index contributed by atoms with van der Waals surface area (Å²) in [6, 6.07) is 0.542. The fourth-order valence-electron chi connectivity index (χ4n) is 3.32. The number of amides is 1. The van der Waals surface area contributed by atoms with Crippen molar-refractivity contribution in [1.82, 2.24) is 15.1 Å². The average molecular weight is 279 g/mol. The molecule has 114 valence electrons. The molecule has 2 rings (SSSR count). The summed E-state index contributed by atoms with van der Waals surface area (Å²) in [6.45, 7) is 5.51. The molecule has 1 amide bonds. The van der Waals surface area contributed by atoms with Crippen LogP contribution in [0, 0.1) is 0 Å². The van der Waals surface area contributed by atoms with E-state index in [-0.39, 0.29) is 5.91 Å². The van der Waals surface area contributed by atoms with Gasteiger partial charge in [-0.15, -0.1) is 0 Å². The van der Waals surface area contributed by atoms with Gasteiger partial charge in [-0.2, -0.15) is 0 Å². The van der Waals surface area contributed by atoms with Crippen molar-refractivity contribution in [2.75, 3.05) is 33.2 Å². The zero-order chi connectivity index (χ0) is 14.4. The molecule has 0 aromatic rings. The minimum atomic E-state index is 0.275. The molecule has 0 spiro atoms. The molecule has 1 N–H and O–H groups in total. The summed E-state index contributed by atoms with van der Waals surface area (Å²) in [4.78, 5) is 16.9. The van der Waals surface area contributed by atoms with Crippen LogP contribution in [0.1, 0.15) is 45.4 Å². The molecule has 1 aliphatic carbocycles. The average Bonchev–Trinajstić information content (AvgIpc) is 2.49. The lowest BCUT2D eigenvalue weighted by atomic mass is 10.0. The lowest BCUT2D eigenvalue weighted by Crippen LogP contribution is -2.48. The third-order valence-corrected chi connectivity index (χ3v) is 4.50. The zero-order valence-electron chi connectivity index (χ0n) is 13.0. The Morgan fingerprint density at radius 1 is 1.45 bits per heavy atom. The highest BCUT2D eigenvalue weighted by molar-refractivity contribution is 5.80. The number of hydrogen-bond donors (Lipinski definition) is 1. The summed E-state index contributed by atoms with van der Waals surface area (Å²) in [6.07, 6.45) is 9.37. The van der Waals surface area contributed by atoms with E-state index in [2.05, 4.69) is 23.2 Å². The zero-order valence-corrected chi connectivity index (χ0v) is 13.0. The Morgan fingerprint density at radius 3 is 2.95 bits per heavy atom. The molecule has 1 aliphatic heterocycles. The van der Waals surface area contributed by atoms with Crippen LogP contribution >= 0.6 is 0 Å². The van der Waals surface area contributed by atoms with E-state index in [9.17, 15) is 4.79 Å². The maximum Gasteiger partial charge on any atom is 0.240 e. The third-order valence-electron chi connectivity index (χ3n) is 4.50. The van der Waals surface area contributed by atoms with E-state index in [1.165, 1.54) is 31.4 Å². The number of allylic oxidation sites excluding steroid dienone is 2. The number of carbonyl (C=O) groups excluding carboxylic acids is 1. The molecule has 0 radical (unpaired) electrons. The minimum absolute atomic E-state index is 0.275. The van der Waals surface area contributed by atoms with Gasteiger partial charge in [-0.1, -0.05) is 6.08 Å². The predicted molar refractivity (Wildman–Crippen MR) is 82.5 cm³/mol. The van der Waals surface area contributed by atoms with Crippen molar-refractivity contribution in [3.05, 3.63) is 11.8 Å². The first-order valence-electron chi connectivity index (χ1n) is 8.13. The first kappa shape index (κ1) is 15.5. The molecule has 2 aliphatic rings. The molecule has 1 heterocycles. The monoisotopic (exact) mass is 279 g/mol. The van der Waals surface area contributed by atoms with Gasteiger partial charge >= 0.3 is 0 Å². The van der Waals surface area contributed by atoms with Crippen LogP contribution in [-0.4, -0.2) is 55.0 Å². The molecular weight excluding hydrogens is 250 g/mol. The van der Waals surface area contributed by atoms with Gasteiger partial charge in [0.25, 0.3) is 0 Å². The highest BCUT2D eigenvalue weighted by Gasteiger charge is 2.24. The van der Waals surface area contributed by atoms with Crippen molar-refractivity contribution in [2.24, 2.45) is 0 Å². The molecule has 0 saturated carbocycles. The van der Waals surface area contributed by atoms with Crippen LogP contribution in [-0.2, 0) is 4.79 Å². The van der Waals surface area contributed by atoms with Crippen LogP contribution in [0.4, 0.5) is 0 Å². The standard InChI is InChI=1S/C16H29N3O/c1-3-19(15-9-5-4-6-10-15)16(20)13-18-11-7-8-14(12-18)17-2/h9,14,17H,3-8,10-13H2,1-2H3. The lowest BCUT2D eigenvalue weighted by molar-refractivity contribution is -0.130. The first-order chi connectivity index (χ1) is 9.74. The summed E-state index contributed by atoms with van der Waals surface area (Å²) >= 11 is 0. The second kappa shape index (κ2) is 7.79. The van der Waals surface area contributed by atoms with E-state index in [1.807, 2.05) is 11.9 Å². The maximum absolute atomic E-state index is 12.6. The number of nitrogens with one attached hydrogen (secondary N) is 1. The molecule has 1 saturated heterocycles. The van der Waals surface area contributed by atoms with Crippen molar-refractivity contribution in [3.63, 3.8) is 0 Å². The smallest absolute Gasteiger partial charge is 0.240 e. The number of likely N-dealkylation sites (tertiary alicyclic amines) is 1. The predicted octanol–water partition coefficient (Wildman–Crippen LogP) is 1.98. The Hall–Kier alpha value is -0.870. The number of nitrogens with zero attached hydrogens (tertiary/aromatic N) is 2. The van der Waals surface area contributed by atoms with Crippen molar-refractivity contribution >= 4 is 5.91 Å². The maximum atomic E-state index is 12.6. The molecule has 1 atom stereocenters. The Labute approximate surface area is 123 Å². The Morgan fingerprint density at radius 2 is 2.30 bits per heavy atom. The van der Waals surface area contributed by atoms with E-state index in [1.54, 1.807) is 0 Å². The number of carbonyl (C=O) groups is 1. The van der Waals surface area contributed by atoms with Gasteiger partial charge in [0.1, 0.15) is 0 Å². The third kappa shape index (κ3) is 4.06. The Bertz CT molecular complexity index is 354. The topological polar surface area (TPSA) is 35.6 Å². The number of piperidine rings is 1.